The highest BCUT2D eigenvalue weighted by molar-refractivity contribution is 6.23. The number of nitrogens with one attached hydrogen (secondary N) is 1. The summed E-state index contributed by atoms with van der Waals surface area (Å²) in [4.78, 5) is 68.8. The molecule has 12 nitrogen and oxygen atoms in total. The molecule has 42 heavy (non-hydrogen) atoms. The number of aromatic nitrogens is 2. The van der Waals surface area contributed by atoms with Crippen LogP contribution in [-0.2, 0) is 30.3 Å². The lowest BCUT2D eigenvalue weighted by molar-refractivity contribution is -0.192. The van der Waals surface area contributed by atoms with E-state index in [9.17, 15) is 24.0 Å². The number of fused-ring (bicyclic) bond motifs is 2. The number of likely N-dealkylation sites (tertiary alicyclic amines) is 1. The molecule has 1 aromatic heterocycles. The monoisotopic (exact) mass is 577 g/mol. The SMILES string of the molecule is CC12OC(=O)CCC(=O)OC(CN3CCCC3)N1C(=O)N(c1cc(Cc3n[nH]c(=O)c4ccccc34)ccc1F)C2=O. The topological polar surface area (TPSA) is 142 Å². The third-order valence-electron chi connectivity index (χ3n) is 7.87. The molecule has 3 amide bonds. The third-order valence-corrected chi connectivity index (χ3v) is 7.87. The second kappa shape index (κ2) is 10.6. The van der Waals surface area contributed by atoms with Crippen molar-refractivity contribution in [2.24, 2.45) is 0 Å². The van der Waals surface area contributed by atoms with E-state index in [1.54, 1.807) is 24.3 Å². The van der Waals surface area contributed by atoms with Gasteiger partial charge in [-0.3, -0.25) is 24.1 Å². The smallest absolute Gasteiger partial charge is 0.338 e. The first-order valence-corrected chi connectivity index (χ1v) is 13.7. The molecule has 2 atom stereocenters. The van der Waals surface area contributed by atoms with E-state index in [0.29, 0.717) is 40.0 Å². The van der Waals surface area contributed by atoms with Gasteiger partial charge in [0.2, 0.25) is 0 Å². The molecule has 13 heteroatoms. The lowest BCUT2D eigenvalue weighted by Gasteiger charge is -2.36. The van der Waals surface area contributed by atoms with E-state index >= 15 is 4.39 Å². The van der Waals surface area contributed by atoms with Crippen molar-refractivity contribution < 1.29 is 33.0 Å². The van der Waals surface area contributed by atoms with Crippen LogP contribution in [0.25, 0.3) is 10.8 Å². The Morgan fingerprint density at radius 2 is 1.71 bits per heavy atom. The Morgan fingerprint density at radius 3 is 2.48 bits per heavy atom. The molecule has 2 unspecified atom stereocenters. The van der Waals surface area contributed by atoms with Gasteiger partial charge in [0.25, 0.3) is 11.3 Å². The number of carbonyl (C=O) groups is 4. The summed E-state index contributed by atoms with van der Waals surface area (Å²) in [5.41, 5.74) is -1.89. The number of anilines is 1. The number of urea groups is 1. The van der Waals surface area contributed by atoms with Gasteiger partial charge in [-0.05, 0) is 49.7 Å². The minimum atomic E-state index is -2.18. The zero-order chi connectivity index (χ0) is 29.6. The molecule has 0 aliphatic carbocycles. The summed E-state index contributed by atoms with van der Waals surface area (Å²) in [6.45, 7) is 2.75. The Labute approximate surface area is 239 Å². The van der Waals surface area contributed by atoms with Crippen LogP contribution in [0.4, 0.5) is 14.9 Å². The number of rotatable bonds is 5. The van der Waals surface area contributed by atoms with Crippen LogP contribution in [-0.4, -0.2) is 75.5 Å². The lowest BCUT2D eigenvalue weighted by atomic mass is 10.0. The number of hydrogen-bond acceptors (Lipinski definition) is 9. The van der Waals surface area contributed by atoms with Crippen molar-refractivity contribution in [3.8, 4) is 0 Å². The van der Waals surface area contributed by atoms with E-state index in [0.717, 1.165) is 23.8 Å². The molecule has 3 saturated heterocycles. The lowest BCUT2D eigenvalue weighted by Crippen LogP contribution is -2.58. The van der Waals surface area contributed by atoms with Crippen molar-refractivity contribution in [2.75, 3.05) is 24.5 Å². The molecule has 0 saturated carbocycles. The Bertz CT molecular complexity index is 1670. The highest BCUT2D eigenvalue weighted by Gasteiger charge is 2.62. The first kappa shape index (κ1) is 27.5. The maximum atomic E-state index is 15.4. The van der Waals surface area contributed by atoms with E-state index < -0.39 is 41.6 Å². The molecular formula is C29H28FN5O7. The number of imide groups is 1. The summed E-state index contributed by atoms with van der Waals surface area (Å²) in [5.74, 6) is -3.44. The molecule has 0 radical (unpaired) electrons. The van der Waals surface area contributed by atoms with Gasteiger partial charge in [-0.15, -0.1) is 0 Å². The molecule has 2 aromatic carbocycles. The second-order valence-corrected chi connectivity index (χ2v) is 10.7. The summed E-state index contributed by atoms with van der Waals surface area (Å²) < 4.78 is 26.5. The number of ether oxygens (including phenoxy) is 2. The van der Waals surface area contributed by atoms with Crippen LogP contribution in [0.2, 0.25) is 0 Å². The number of aromatic amines is 1. The van der Waals surface area contributed by atoms with Crippen LogP contribution in [0.1, 0.15) is 43.9 Å². The highest BCUT2D eigenvalue weighted by Crippen LogP contribution is 2.38. The van der Waals surface area contributed by atoms with Gasteiger partial charge >= 0.3 is 23.9 Å². The van der Waals surface area contributed by atoms with Crippen molar-refractivity contribution in [1.29, 1.82) is 0 Å². The molecule has 1 N–H and O–H groups in total. The quantitative estimate of drug-likeness (QED) is 0.357. The maximum absolute atomic E-state index is 15.4. The van der Waals surface area contributed by atoms with Crippen LogP contribution < -0.4 is 10.5 Å². The molecule has 6 rings (SSSR count). The number of benzene rings is 2. The van der Waals surface area contributed by atoms with Gasteiger partial charge in [0.15, 0.2) is 6.23 Å². The van der Waals surface area contributed by atoms with Crippen molar-refractivity contribution in [3.05, 3.63) is 69.9 Å². The van der Waals surface area contributed by atoms with Gasteiger partial charge in [0.05, 0.1) is 36.2 Å². The van der Waals surface area contributed by atoms with Gasteiger partial charge in [-0.2, -0.15) is 5.10 Å². The first-order chi connectivity index (χ1) is 20.2. The van der Waals surface area contributed by atoms with E-state index in [4.69, 9.17) is 9.47 Å². The normalized spacial score (nSPS) is 23.4. The van der Waals surface area contributed by atoms with Crippen LogP contribution in [0, 0.1) is 5.82 Å². The van der Waals surface area contributed by atoms with Crippen molar-refractivity contribution in [3.63, 3.8) is 0 Å². The standard InChI is InChI=1S/C29H28FN5O7/c1-29-27(39)34(28(40)35(29)23(16-33-12-4-5-13-33)41-24(36)10-11-25(37)42-29)22-15-17(8-9-20(22)30)14-21-18-6-2-3-7-19(18)26(38)32-31-21/h2-3,6-9,15,23H,4-5,10-14,16H2,1H3,(H,32,38). The molecule has 3 aromatic rings. The summed E-state index contributed by atoms with van der Waals surface area (Å²) in [6.07, 6.45) is 0.120. The number of amides is 3. The predicted octanol–water partition coefficient (Wildman–Crippen LogP) is 2.44. The zero-order valence-electron chi connectivity index (χ0n) is 22.8. The van der Waals surface area contributed by atoms with E-state index in [1.807, 2.05) is 4.90 Å². The molecule has 218 valence electrons. The fourth-order valence-corrected chi connectivity index (χ4v) is 5.78. The number of carbonyl (C=O) groups excluding carboxylic acids is 4. The Kier molecular flexibility index (Phi) is 6.97. The Hall–Kier alpha value is -4.65. The zero-order valence-corrected chi connectivity index (χ0v) is 22.8. The average molecular weight is 578 g/mol. The summed E-state index contributed by atoms with van der Waals surface area (Å²) in [5, 5.41) is 7.65. The van der Waals surface area contributed by atoms with Gasteiger partial charge < -0.3 is 9.47 Å². The third kappa shape index (κ3) is 4.79. The van der Waals surface area contributed by atoms with Crippen molar-refractivity contribution in [2.45, 2.75) is 51.0 Å². The van der Waals surface area contributed by atoms with E-state index in [2.05, 4.69) is 10.2 Å². The molecular weight excluding hydrogens is 549 g/mol. The molecule has 4 heterocycles. The fraction of sp³-hybridized carbons (Fsp3) is 0.379. The van der Waals surface area contributed by atoms with Crippen LogP contribution >= 0.6 is 0 Å². The van der Waals surface area contributed by atoms with Gasteiger partial charge in [-0.25, -0.2) is 24.1 Å². The summed E-state index contributed by atoms with van der Waals surface area (Å²) in [7, 11) is 0. The van der Waals surface area contributed by atoms with E-state index in [-0.39, 0.29) is 37.1 Å². The Balaban J connectivity index is 1.39. The molecule has 3 aliphatic rings. The molecule has 3 fully saturated rings. The molecule has 0 spiro atoms. The van der Waals surface area contributed by atoms with Crippen molar-refractivity contribution >= 4 is 40.3 Å². The number of esters is 2. The summed E-state index contributed by atoms with van der Waals surface area (Å²) >= 11 is 0. The summed E-state index contributed by atoms with van der Waals surface area (Å²) in [6, 6.07) is 9.85. The highest BCUT2D eigenvalue weighted by atomic mass is 19.1. The van der Waals surface area contributed by atoms with Gasteiger partial charge in [-0.1, -0.05) is 24.3 Å². The first-order valence-electron chi connectivity index (χ1n) is 13.7. The van der Waals surface area contributed by atoms with Crippen molar-refractivity contribution in [1.82, 2.24) is 20.0 Å². The second-order valence-electron chi connectivity index (χ2n) is 10.7. The van der Waals surface area contributed by atoms with Crippen LogP contribution in [0.3, 0.4) is 0 Å². The number of nitrogens with zero attached hydrogens (tertiary/aromatic N) is 4. The Morgan fingerprint density at radius 1 is 1.00 bits per heavy atom. The number of halogens is 1. The van der Waals surface area contributed by atoms with Gasteiger partial charge in [0.1, 0.15) is 5.82 Å². The van der Waals surface area contributed by atoms with E-state index in [1.165, 1.54) is 19.1 Å². The predicted molar refractivity (Wildman–Crippen MR) is 146 cm³/mol. The molecule has 3 aliphatic heterocycles. The largest absolute Gasteiger partial charge is 0.440 e. The number of hydrogen-bond donors (Lipinski definition) is 1. The van der Waals surface area contributed by atoms with Crippen LogP contribution in [0.15, 0.2) is 47.3 Å². The maximum Gasteiger partial charge on any atom is 0.338 e. The number of cyclic esters (lactones) is 1. The minimum absolute atomic E-state index is 0.0964. The van der Waals surface area contributed by atoms with Crippen LogP contribution in [0.5, 0.6) is 0 Å². The van der Waals surface area contributed by atoms with Gasteiger partial charge in [0, 0.05) is 18.7 Å². The average Bonchev–Trinajstić information content (AvgIpc) is 3.54. The minimum Gasteiger partial charge on any atom is -0.440 e. The number of H-pyrrole nitrogens is 1. The molecule has 0 bridgehead atoms. The fourth-order valence-electron chi connectivity index (χ4n) is 5.78.